The van der Waals surface area contributed by atoms with Crippen molar-refractivity contribution in [3.63, 3.8) is 0 Å². The average molecular weight is 368 g/mol. The first-order valence-corrected chi connectivity index (χ1v) is 9.81. The molecule has 0 saturated carbocycles. The summed E-state index contributed by atoms with van der Waals surface area (Å²) in [6.45, 7) is 6.09. The van der Waals surface area contributed by atoms with E-state index in [9.17, 15) is 9.18 Å². The van der Waals surface area contributed by atoms with E-state index in [0.717, 1.165) is 39.0 Å². The van der Waals surface area contributed by atoms with Gasteiger partial charge in [-0.1, -0.05) is 30.3 Å². The van der Waals surface area contributed by atoms with Crippen molar-refractivity contribution in [2.24, 2.45) is 5.92 Å². The number of carbonyl (C=O) groups excluding carboxylic acids is 1. The van der Waals surface area contributed by atoms with E-state index in [-0.39, 0.29) is 11.7 Å². The summed E-state index contributed by atoms with van der Waals surface area (Å²) >= 11 is 0. The first kappa shape index (κ1) is 19.6. The quantitative estimate of drug-likeness (QED) is 0.764. The molecule has 0 bridgehead atoms. The molecule has 1 atom stereocenters. The van der Waals surface area contributed by atoms with Crippen LogP contribution in [0.4, 0.5) is 4.39 Å². The second-order valence-corrected chi connectivity index (χ2v) is 7.68. The van der Waals surface area contributed by atoms with Crippen LogP contribution in [0.2, 0.25) is 0 Å². The maximum atomic E-state index is 13.4. The van der Waals surface area contributed by atoms with E-state index in [0.29, 0.717) is 11.5 Å². The Kier molecular flexibility index (Phi) is 6.62. The molecule has 3 nitrogen and oxygen atoms in total. The largest absolute Gasteiger partial charge is 0.341 e. The minimum Gasteiger partial charge on any atom is -0.341 e. The monoisotopic (exact) mass is 368 g/mol. The fourth-order valence-electron chi connectivity index (χ4n) is 3.98. The van der Waals surface area contributed by atoms with Gasteiger partial charge < -0.3 is 9.80 Å². The number of halogens is 1. The van der Waals surface area contributed by atoms with Crippen molar-refractivity contribution < 1.29 is 9.18 Å². The van der Waals surface area contributed by atoms with Crippen molar-refractivity contribution in [2.45, 2.75) is 26.2 Å². The number of hydrogen-bond donors (Lipinski definition) is 0. The van der Waals surface area contributed by atoms with Gasteiger partial charge in [-0.2, -0.15) is 0 Å². The topological polar surface area (TPSA) is 23.6 Å². The summed E-state index contributed by atoms with van der Waals surface area (Å²) < 4.78 is 13.4. The van der Waals surface area contributed by atoms with E-state index < -0.39 is 0 Å². The molecule has 1 aliphatic rings. The zero-order valence-electron chi connectivity index (χ0n) is 16.3. The fraction of sp³-hybridized carbons (Fsp3) is 0.435. The molecule has 1 aliphatic heterocycles. The van der Waals surface area contributed by atoms with Gasteiger partial charge in [0.2, 0.25) is 0 Å². The van der Waals surface area contributed by atoms with Crippen LogP contribution in [-0.4, -0.2) is 48.9 Å². The summed E-state index contributed by atoms with van der Waals surface area (Å²) in [6.07, 6.45) is 3.37. The molecule has 0 unspecified atom stereocenters. The van der Waals surface area contributed by atoms with Crippen molar-refractivity contribution in [1.82, 2.24) is 9.80 Å². The van der Waals surface area contributed by atoms with Crippen LogP contribution in [0.15, 0.2) is 48.5 Å². The van der Waals surface area contributed by atoms with Crippen molar-refractivity contribution in [3.8, 4) is 0 Å². The molecule has 27 heavy (non-hydrogen) atoms. The number of benzene rings is 2. The lowest BCUT2D eigenvalue weighted by Gasteiger charge is -2.35. The number of nitrogens with zero attached hydrogens (tertiary/aromatic N) is 2. The van der Waals surface area contributed by atoms with E-state index in [4.69, 9.17) is 0 Å². The molecule has 1 amide bonds. The molecular formula is C23H29FN2O. The number of likely N-dealkylation sites (tertiary alicyclic amines) is 1. The molecule has 144 valence electrons. The Labute approximate surface area is 161 Å². The molecular weight excluding hydrogens is 339 g/mol. The predicted octanol–water partition coefficient (Wildman–Crippen LogP) is 4.16. The van der Waals surface area contributed by atoms with E-state index in [1.807, 2.05) is 7.05 Å². The first-order chi connectivity index (χ1) is 13.0. The number of aryl methyl sites for hydroxylation is 1. The lowest BCUT2D eigenvalue weighted by Crippen LogP contribution is -2.42. The minimum atomic E-state index is -0.366. The van der Waals surface area contributed by atoms with Crippen LogP contribution in [-0.2, 0) is 6.42 Å². The maximum absolute atomic E-state index is 13.4. The van der Waals surface area contributed by atoms with E-state index in [1.54, 1.807) is 17.0 Å². The van der Waals surface area contributed by atoms with Gasteiger partial charge >= 0.3 is 0 Å². The Morgan fingerprint density at radius 3 is 2.81 bits per heavy atom. The van der Waals surface area contributed by atoms with Gasteiger partial charge in [0.05, 0.1) is 0 Å². The second-order valence-electron chi connectivity index (χ2n) is 7.68. The Morgan fingerprint density at radius 2 is 2.04 bits per heavy atom. The SMILES string of the molecule is Cc1ccccc1CCN1CCC[C@H](CN(C)C(=O)c2cccc(F)c2)C1. The summed E-state index contributed by atoms with van der Waals surface area (Å²) in [5.74, 6) is -0.000963. The van der Waals surface area contributed by atoms with Gasteiger partial charge in [-0.3, -0.25) is 4.79 Å². The van der Waals surface area contributed by atoms with Gasteiger partial charge in [0, 0.05) is 32.2 Å². The second kappa shape index (κ2) is 9.14. The van der Waals surface area contributed by atoms with Crippen molar-refractivity contribution in [1.29, 1.82) is 0 Å². The number of carbonyl (C=O) groups is 1. The van der Waals surface area contributed by atoms with Crippen LogP contribution < -0.4 is 0 Å². The zero-order chi connectivity index (χ0) is 19.2. The average Bonchev–Trinajstić information content (AvgIpc) is 2.67. The molecule has 0 radical (unpaired) electrons. The Balaban J connectivity index is 1.52. The Bertz CT molecular complexity index is 776. The zero-order valence-corrected chi connectivity index (χ0v) is 16.3. The van der Waals surface area contributed by atoms with E-state index in [2.05, 4.69) is 36.1 Å². The van der Waals surface area contributed by atoms with Gasteiger partial charge in [0.1, 0.15) is 5.82 Å². The van der Waals surface area contributed by atoms with Crippen molar-refractivity contribution >= 4 is 5.91 Å². The van der Waals surface area contributed by atoms with Crippen LogP contribution in [0.5, 0.6) is 0 Å². The van der Waals surface area contributed by atoms with E-state index in [1.165, 1.54) is 29.7 Å². The Morgan fingerprint density at radius 1 is 1.22 bits per heavy atom. The first-order valence-electron chi connectivity index (χ1n) is 9.81. The predicted molar refractivity (Wildman–Crippen MR) is 107 cm³/mol. The molecule has 4 heteroatoms. The van der Waals surface area contributed by atoms with Gasteiger partial charge in [-0.05, 0) is 68.0 Å². The smallest absolute Gasteiger partial charge is 0.253 e. The summed E-state index contributed by atoms with van der Waals surface area (Å²) in [5, 5.41) is 0. The highest BCUT2D eigenvalue weighted by Gasteiger charge is 2.23. The highest BCUT2D eigenvalue weighted by atomic mass is 19.1. The third-order valence-electron chi connectivity index (χ3n) is 5.51. The van der Waals surface area contributed by atoms with Crippen LogP contribution in [0.3, 0.4) is 0 Å². The molecule has 0 aromatic heterocycles. The standard InChI is InChI=1S/C23H29FN2O/c1-18-7-3-4-9-20(18)12-14-26-13-6-8-19(17-26)16-25(2)23(27)21-10-5-11-22(24)15-21/h3-5,7,9-11,15,19H,6,8,12-14,16-17H2,1-2H3/t19-/m1/s1. The van der Waals surface area contributed by atoms with Gasteiger partial charge in [0.25, 0.3) is 5.91 Å². The van der Waals surface area contributed by atoms with Crippen LogP contribution >= 0.6 is 0 Å². The normalized spacial score (nSPS) is 17.7. The van der Waals surface area contributed by atoms with Gasteiger partial charge in [-0.25, -0.2) is 4.39 Å². The van der Waals surface area contributed by atoms with Gasteiger partial charge in [0.15, 0.2) is 0 Å². The minimum absolute atomic E-state index is 0.105. The maximum Gasteiger partial charge on any atom is 0.253 e. The van der Waals surface area contributed by atoms with Crippen LogP contribution in [0.25, 0.3) is 0 Å². The number of hydrogen-bond acceptors (Lipinski definition) is 2. The van der Waals surface area contributed by atoms with Crippen LogP contribution in [0, 0.1) is 18.7 Å². The molecule has 0 aliphatic carbocycles. The highest BCUT2D eigenvalue weighted by molar-refractivity contribution is 5.94. The van der Waals surface area contributed by atoms with Crippen molar-refractivity contribution in [2.75, 3.05) is 33.2 Å². The lowest BCUT2D eigenvalue weighted by atomic mass is 9.96. The number of piperidine rings is 1. The highest BCUT2D eigenvalue weighted by Crippen LogP contribution is 2.19. The summed E-state index contributed by atoms with van der Waals surface area (Å²) in [6, 6.07) is 14.5. The van der Waals surface area contributed by atoms with Crippen LogP contribution in [0.1, 0.15) is 34.3 Å². The fourth-order valence-corrected chi connectivity index (χ4v) is 3.98. The summed E-state index contributed by atoms with van der Waals surface area (Å²) in [7, 11) is 1.82. The van der Waals surface area contributed by atoms with E-state index >= 15 is 0 Å². The lowest BCUT2D eigenvalue weighted by molar-refractivity contribution is 0.0730. The molecule has 2 aromatic rings. The third-order valence-corrected chi connectivity index (χ3v) is 5.51. The molecule has 1 saturated heterocycles. The third kappa shape index (κ3) is 5.39. The van der Waals surface area contributed by atoms with Crippen molar-refractivity contribution in [3.05, 3.63) is 71.0 Å². The molecule has 1 heterocycles. The molecule has 2 aromatic carbocycles. The molecule has 0 N–H and O–H groups in total. The number of amides is 1. The number of rotatable bonds is 6. The molecule has 0 spiro atoms. The van der Waals surface area contributed by atoms with Gasteiger partial charge in [-0.15, -0.1) is 0 Å². The summed E-state index contributed by atoms with van der Waals surface area (Å²) in [5.41, 5.74) is 3.19. The molecule has 3 rings (SSSR count). The molecule has 1 fully saturated rings. The summed E-state index contributed by atoms with van der Waals surface area (Å²) in [4.78, 5) is 16.8. The Hall–Kier alpha value is -2.20.